The van der Waals surface area contributed by atoms with Crippen molar-refractivity contribution in [3.8, 4) is 0 Å². The number of rotatable bonds is 1. The van der Waals surface area contributed by atoms with Crippen molar-refractivity contribution in [2.45, 2.75) is 31.7 Å². The minimum atomic E-state index is -0.164. The van der Waals surface area contributed by atoms with Crippen LogP contribution in [-0.2, 0) is 9.53 Å². The Balaban J connectivity index is 2.58. The number of ether oxygens (including phenoxy) is 1. The van der Waals surface area contributed by atoms with Crippen LogP contribution in [0.3, 0.4) is 0 Å². The van der Waals surface area contributed by atoms with Gasteiger partial charge in [0.15, 0.2) is 0 Å². The molecular weight excluding hydrogens is 166 g/mol. The van der Waals surface area contributed by atoms with E-state index in [1.54, 1.807) is 0 Å². The summed E-state index contributed by atoms with van der Waals surface area (Å²) < 4.78 is 4.71. The van der Waals surface area contributed by atoms with Gasteiger partial charge in [-0.1, -0.05) is 12.2 Å². The van der Waals surface area contributed by atoms with E-state index in [0.29, 0.717) is 0 Å². The summed E-state index contributed by atoms with van der Waals surface area (Å²) in [5.74, 6) is -0.280. The van der Waals surface area contributed by atoms with Gasteiger partial charge < -0.3 is 10.5 Å². The van der Waals surface area contributed by atoms with Crippen LogP contribution in [0.15, 0.2) is 12.2 Å². The maximum atomic E-state index is 11.3. The third kappa shape index (κ3) is 2.84. The van der Waals surface area contributed by atoms with Gasteiger partial charge in [0.25, 0.3) is 0 Å². The lowest BCUT2D eigenvalue weighted by Crippen LogP contribution is -2.36. The molecular formula is C10H17NO2. The van der Waals surface area contributed by atoms with E-state index in [1.165, 1.54) is 7.11 Å². The molecule has 1 aliphatic carbocycles. The first-order chi connectivity index (χ1) is 6.25. The van der Waals surface area contributed by atoms with E-state index >= 15 is 0 Å². The topological polar surface area (TPSA) is 52.3 Å². The largest absolute Gasteiger partial charge is 0.469 e. The summed E-state index contributed by atoms with van der Waals surface area (Å²) in [7, 11) is 1.42. The second-order valence-electron chi connectivity index (χ2n) is 3.42. The smallest absolute Gasteiger partial charge is 0.310 e. The van der Waals surface area contributed by atoms with Crippen molar-refractivity contribution < 1.29 is 9.53 Å². The number of hydrogen-bond donors (Lipinski definition) is 1. The normalized spacial score (nSPS) is 31.5. The summed E-state index contributed by atoms with van der Waals surface area (Å²) in [6.45, 7) is 0. The second-order valence-corrected chi connectivity index (χ2v) is 3.42. The third-order valence-corrected chi connectivity index (χ3v) is 2.50. The van der Waals surface area contributed by atoms with Crippen molar-refractivity contribution in [2.75, 3.05) is 7.11 Å². The molecule has 0 aromatic carbocycles. The Morgan fingerprint density at radius 3 is 2.62 bits per heavy atom. The van der Waals surface area contributed by atoms with Crippen molar-refractivity contribution >= 4 is 5.97 Å². The van der Waals surface area contributed by atoms with Crippen molar-refractivity contribution in [1.82, 2.24) is 0 Å². The average molecular weight is 183 g/mol. The first kappa shape index (κ1) is 10.3. The fraction of sp³-hybridized carbons (Fsp3) is 0.700. The minimum Gasteiger partial charge on any atom is -0.469 e. The Bertz CT molecular complexity index is 201. The summed E-state index contributed by atoms with van der Waals surface area (Å²) in [5, 5.41) is 0. The van der Waals surface area contributed by atoms with Crippen LogP contribution >= 0.6 is 0 Å². The molecule has 2 N–H and O–H groups in total. The Morgan fingerprint density at radius 2 is 2.00 bits per heavy atom. The lowest BCUT2D eigenvalue weighted by molar-refractivity contribution is -0.146. The molecule has 0 heterocycles. The van der Waals surface area contributed by atoms with Gasteiger partial charge in [-0.3, -0.25) is 4.79 Å². The predicted molar refractivity (Wildman–Crippen MR) is 51.1 cm³/mol. The van der Waals surface area contributed by atoms with Gasteiger partial charge in [0.2, 0.25) is 0 Å². The van der Waals surface area contributed by atoms with Gasteiger partial charge in [-0.2, -0.15) is 0 Å². The zero-order valence-corrected chi connectivity index (χ0v) is 8.03. The van der Waals surface area contributed by atoms with Crippen molar-refractivity contribution in [3.63, 3.8) is 0 Å². The van der Waals surface area contributed by atoms with Gasteiger partial charge in [-0.25, -0.2) is 0 Å². The Hall–Kier alpha value is -0.830. The first-order valence-electron chi connectivity index (χ1n) is 4.74. The van der Waals surface area contributed by atoms with Crippen LogP contribution in [0.4, 0.5) is 0 Å². The van der Waals surface area contributed by atoms with Gasteiger partial charge in [-0.15, -0.1) is 0 Å². The van der Waals surface area contributed by atoms with E-state index in [9.17, 15) is 4.79 Å². The summed E-state index contributed by atoms with van der Waals surface area (Å²) in [5.41, 5.74) is 5.89. The lowest BCUT2D eigenvalue weighted by atomic mass is 9.90. The Kier molecular flexibility index (Phi) is 3.96. The summed E-state index contributed by atoms with van der Waals surface area (Å²) in [6, 6.07) is -0.0441. The maximum absolute atomic E-state index is 11.3. The van der Waals surface area contributed by atoms with E-state index in [2.05, 4.69) is 12.2 Å². The highest BCUT2D eigenvalue weighted by molar-refractivity contribution is 5.73. The van der Waals surface area contributed by atoms with Gasteiger partial charge in [0, 0.05) is 6.04 Å². The van der Waals surface area contributed by atoms with E-state index < -0.39 is 0 Å². The molecule has 2 atom stereocenters. The standard InChI is InChI=1S/C10H17NO2/c1-13-10(12)8-6-4-2-3-5-7-9(8)11/h2-3,8-9H,4-7,11H2,1H3/b3-2-/t8-,9+/m0/s1. The van der Waals surface area contributed by atoms with E-state index in [1.807, 2.05) is 0 Å². The molecule has 0 spiro atoms. The van der Waals surface area contributed by atoms with Gasteiger partial charge >= 0.3 is 5.97 Å². The van der Waals surface area contributed by atoms with E-state index in [-0.39, 0.29) is 17.9 Å². The molecule has 74 valence electrons. The minimum absolute atomic E-state index is 0.0441. The number of nitrogens with two attached hydrogens (primary N) is 1. The molecule has 0 aromatic heterocycles. The summed E-state index contributed by atoms with van der Waals surface area (Å²) in [4.78, 5) is 11.3. The molecule has 0 saturated carbocycles. The molecule has 0 unspecified atom stereocenters. The summed E-state index contributed by atoms with van der Waals surface area (Å²) in [6.07, 6.45) is 7.82. The van der Waals surface area contributed by atoms with Crippen molar-refractivity contribution in [3.05, 3.63) is 12.2 Å². The Morgan fingerprint density at radius 1 is 1.38 bits per heavy atom. The van der Waals surface area contributed by atoms with E-state index in [0.717, 1.165) is 25.7 Å². The fourth-order valence-electron chi connectivity index (χ4n) is 1.66. The third-order valence-electron chi connectivity index (χ3n) is 2.50. The van der Waals surface area contributed by atoms with Gasteiger partial charge in [-0.05, 0) is 25.7 Å². The fourth-order valence-corrected chi connectivity index (χ4v) is 1.66. The highest BCUT2D eigenvalue weighted by atomic mass is 16.5. The summed E-state index contributed by atoms with van der Waals surface area (Å²) >= 11 is 0. The molecule has 0 fully saturated rings. The zero-order valence-electron chi connectivity index (χ0n) is 8.03. The van der Waals surface area contributed by atoms with Gasteiger partial charge in [0.1, 0.15) is 0 Å². The molecule has 0 bridgehead atoms. The van der Waals surface area contributed by atoms with Crippen molar-refractivity contribution in [1.29, 1.82) is 0 Å². The number of esters is 1. The molecule has 1 aliphatic rings. The van der Waals surface area contributed by atoms with Gasteiger partial charge in [0.05, 0.1) is 13.0 Å². The molecule has 0 amide bonds. The molecule has 3 heteroatoms. The SMILES string of the molecule is COC(=O)[C@H]1CC/C=C\CC[C@H]1N. The lowest BCUT2D eigenvalue weighted by Gasteiger charge is -2.21. The molecule has 0 aliphatic heterocycles. The van der Waals surface area contributed by atoms with Crippen LogP contribution in [0.25, 0.3) is 0 Å². The van der Waals surface area contributed by atoms with Crippen molar-refractivity contribution in [2.24, 2.45) is 11.7 Å². The molecule has 0 radical (unpaired) electrons. The quantitative estimate of drug-likeness (QED) is 0.491. The van der Waals surface area contributed by atoms with Crippen LogP contribution < -0.4 is 5.73 Å². The highest BCUT2D eigenvalue weighted by Gasteiger charge is 2.25. The molecule has 13 heavy (non-hydrogen) atoms. The number of carbonyl (C=O) groups excluding carboxylic acids is 1. The number of hydrogen-bond acceptors (Lipinski definition) is 3. The molecule has 3 nitrogen and oxygen atoms in total. The van der Waals surface area contributed by atoms with Crippen LogP contribution in [0.1, 0.15) is 25.7 Å². The van der Waals surface area contributed by atoms with Crippen LogP contribution in [0, 0.1) is 5.92 Å². The monoisotopic (exact) mass is 183 g/mol. The average Bonchev–Trinajstić information content (AvgIpc) is 2.11. The molecule has 1 rings (SSSR count). The Labute approximate surface area is 78.9 Å². The number of allylic oxidation sites excluding steroid dienone is 2. The predicted octanol–water partition coefficient (Wildman–Crippen LogP) is 1.23. The van der Waals surface area contributed by atoms with Crippen LogP contribution in [0.2, 0.25) is 0 Å². The molecule has 0 aromatic rings. The van der Waals surface area contributed by atoms with Crippen LogP contribution in [0.5, 0.6) is 0 Å². The van der Waals surface area contributed by atoms with Crippen LogP contribution in [-0.4, -0.2) is 19.1 Å². The molecule has 0 saturated heterocycles. The zero-order chi connectivity index (χ0) is 9.68. The first-order valence-corrected chi connectivity index (χ1v) is 4.74. The second kappa shape index (κ2) is 5.02. The number of carbonyl (C=O) groups is 1. The maximum Gasteiger partial charge on any atom is 0.310 e. The van der Waals surface area contributed by atoms with E-state index in [4.69, 9.17) is 10.5 Å². The highest BCUT2D eigenvalue weighted by Crippen LogP contribution is 2.18. The number of methoxy groups -OCH3 is 1.